The molecule has 17 heavy (non-hydrogen) atoms. The summed E-state index contributed by atoms with van der Waals surface area (Å²) in [5, 5.41) is 3.32. The minimum absolute atomic E-state index is 0.524. The van der Waals surface area contributed by atoms with Crippen LogP contribution in [-0.4, -0.2) is 24.6 Å². The van der Waals surface area contributed by atoms with Crippen LogP contribution >= 0.6 is 0 Å². The number of nitrogens with zero attached hydrogens (tertiary/aromatic N) is 2. The Morgan fingerprint density at radius 1 is 1.35 bits per heavy atom. The Balaban J connectivity index is 2.76. The fourth-order valence-corrected chi connectivity index (χ4v) is 1.67. The van der Waals surface area contributed by atoms with E-state index >= 15 is 0 Å². The number of hydrogen-bond acceptors (Lipinski definition) is 3. The van der Waals surface area contributed by atoms with E-state index in [1.165, 1.54) is 5.69 Å². The molecule has 0 spiro atoms. The SMILES string of the molecule is CCCNc1cc(N(C)C(C)C(C)C)ccn1. The van der Waals surface area contributed by atoms with Crippen LogP contribution in [0.5, 0.6) is 0 Å². The molecule has 1 aromatic heterocycles. The van der Waals surface area contributed by atoms with E-state index in [0.29, 0.717) is 12.0 Å². The molecule has 0 bridgehead atoms. The van der Waals surface area contributed by atoms with Gasteiger partial charge in [-0.3, -0.25) is 0 Å². The van der Waals surface area contributed by atoms with Gasteiger partial charge < -0.3 is 10.2 Å². The van der Waals surface area contributed by atoms with Gasteiger partial charge in [0.1, 0.15) is 5.82 Å². The molecule has 0 radical (unpaired) electrons. The first-order chi connectivity index (χ1) is 8.06. The van der Waals surface area contributed by atoms with Gasteiger partial charge in [0.15, 0.2) is 0 Å². The van der Waals surface area contributed by atoms with Crippen LogP contribution in [-0.2, 0) is 0 Å². The summed E-state index contributed by atoms with van der Waals surface area (Å²) in [6, 6.07) is 4.71. The van der Waals surface area contributed by atoms with Crippen molar-refractivity contribution in [1.29, 1.82) is 0 Å². The number of nitrogens with one attached hydrogen (secondary N) is 1. The first kappa shape index (κ1) is 13.8. The van der Waals surface area contributed by atoms with E-state index in [4.69, 9.17) is 0 Å². The van der Waals surface area contributed by atoms with Crippen molar-refractivity contribution in [2.45, 2.75) is 40.2 Å². The molecule has 0 saturated carbocycles. The first-order valence-electron chi connectivity index (χ1n) is 6.49. The van der Waals surface area contributed by atoms with Crippen molar-refractivity contribution >= 4 is 11.5 Å². The molecule has 1 unspecified atom stereocenters. The molecule has 3 nitrogen and oxygen atoms in total. The van der Waals surface area contributed by atoms with Crippen molar-refractivity contribution in [1.82, 2.24) is 4.98 Å². The van der Waals surface area contributed by atoms with Gasteiger partial charge in [-0.1, -0.05) is 20.8 Å². The second-order valence-electron chi connectivity index (χ2n) is 4.92. The zero-order valence-electron chi connectivity index (χ0n) is 11.7. The smallest absolute Gasteiger partial charge is 0.127 e. The van der Waals surface area contributed by atoms with Crippen LogP contribution < -0.4 is 10.2 Å². The second kappa shape index (κ2) is 6.48. The topological polar surface area (TPSA) is 28.2 Å². The van der Waals surface area contributed by atoms with E-state index in [-0.39, 0.29) is 0 Å². The average Bonchev–Trinajstić information content (AvgIpc) is 2.34. The number of anilines is 2. The lowest BCUT2D eigenvalue weighted by Crippen LogP contribution is -2.33. The van der Waals surface area contributed by atoms with Crippen molar-refractivity contribution in [2.24, 2.45) is 5.92 Å². The molecule has 1 rings (SSSR count). The molecule has 1 aromatic rings. The molecular weight excluding hydrogens is 210 g/mol. The highest BCUT2D eigenvalue weighted by atomic mass is 15.1. The Labute approximate surface area is 105 Å². The molecule has 1 atom stereocenters. The predicted molar refractivity (Wildman–Crippen MR) is 75.7 cm³/mol. The zero-order chi connectivity index (χ0) is 12.8. The van der Waals surface area contributed by atoms with Crippen LogP contribution in [0.25, 0.3) is 0 Å². The minimum Gasteiger partial charge on any atom is -0.371 e. The summed E-state index contributed by atoms with van der Waals surface area (Å²) >= 11 is 0. The summed E-state index contributed by atoms with van der Waals surface area (Å²) in [5.74, 6) is 1.60. The molecule has 0 saturated heterocycles. The molecule has 0 aliphatic rings. The van der Waals surface area contributed by atoms with Gasteiger partial charge >= 0.3 is 0 Å². The van der Waals surface area contributed by atoms with E-state index < -0.39 is 0 Å². The van der Waals surface area contributed by atoms with E-state index in [0.717, 1.165) is 18.8 Å². The summed E-state index contributed by atoms with van der Waals surface area (Å²) in [4.78, 5) is 6.63. The van der Waals surface area contributed by atoms with E-state index in [2.05, 4.69) is 62.1 Å². The quantitative estimate of drug-likeness (QED) is 0.819. The molecule has 0 fully saturated rings. The normalized spacial score (nSPS) is 12.6. The van der Waals surface area contributed by atoms with Gasteiger partial charge in [0.2, 0.25) is 0 Å². The average molecular weight is 235 g/mol. The lowest BCUT2D eigenvalue weighted by Gasteiger charge is -2.30. The molecule has 0 aliphatic heterocycles. The van der Waals surface area contributed by atoms with Crippen LogP contribution in [0.1, 0.15) is 34.1 Å². The van der Waals surface area contributed by atoms with Crippen LogP contribution in [0, 0.1) is 5.92 Å². The van der Waals surface area contributed by atoms with Gasteiger partial charge in [-0.15, -0.1) is 0 Å². The number of aromatic nitrogens is 1. The van der Waals surface area contributed by atoms with Crippen LogP contribution in [0.2, 0.25) is 0 Å². The van der Waals surface area contributed by atoms with Crippen molar-refractivity contribution in [2.75, 3.05) is 23.8 Å². The van der Waals surface area contributed by atoms with Crippen molar-refractivity contribution in [3.05, 3.63) is 18.3 Å². The largest absolute Gasteiger partial charge is 0.371 e. The van der Waals surface area contributed by atoms with Crippen molar-refractivity contribution < 1.29 is 0 Å². The zero-order valence-corrected chi connectivity index (χ0v) is 11.7. The second-order valence-corrected chi connectivity index (χ2v) is 4.92. The number of rotatable bonds is 6. The fourth-order valence-electron chi connectivity index (χ4n) is 1.67. The van der Waals surface area contributed by atoms with Crippen molar-refractivity contribution in [3.8, 4) is 0 Å². The Kier molecular flexibility index (Phi) is 5.26. The highest BCUT2D eigenvalue weighted by Crippen LogP contribution is 2.20. The highest BCUT2D eigenvalue weighted by Gasteiger charge is 2.13. The maximum atomic E-state index is 4.33. The Bertz CT molecular complexity index is 336. The van der Waals surface area contributed by atoms with Gasteiger partial charge in [-0.2, -0.15) is 0 Å². The van der Waals surface area contributed by atoms with Gasteiger partial charge in [-0.25, -0.2) is 4.98 Å². The van der Waals surface area contributed by atoms with Crippen LogP contribution in [0.3, 0.4) is 0 Å². The maximum absolute atomic E-state index is 4.33. The Morgan fingerprint density at radius 2 is 2.06 bits per heavy atom. The van der Waals surface area contributed by atoms with E-state index in [1.807, 2.05) is 6.20 Å². The molecule has 1 N–H and O–H groups in total. The summed E-state index contributed by atoms with van der Waals surface area (Å²) in [5.41, 5.74) is 1.22. The lowest BCUT2D eigenvalue weighted by molar-refractivity contribution is 0.505. The lowest BCUT2D eigenvalue weighted by atomic mass is 10.0. The summed E-state index contributed by atoms with van der Waals surface area (Å²) in [6.45, 7) is 9.88. The molecular formula is C14H25N3. The molecule has 0 amide bonds. The Hall–Kier alpha value is -1.25. The summed E-state index contributed by atoms with van der Waals surface area (Å²) in [7, 11) is 2.14. The fraction of sp³-hybridized carbons (Fsp3) is 0.643. The van der Waals surface area contributed by atoms with Crippen molar-refractivity contribution in [3.63, 3.8) is 0 Å². The number of hydrogen-bond donors (Lipinski definition) is 1. The standard InChI is InChI=1S/C14H25N3/c1-6-8-15-14-10-13(7-9-16-14)17(5)12(4)11(2)3/h7,9-12H,6,8H2,1-5H3,(H,15,16). The predicted octanol–water partition coefficient (Wildman–Crippen LogP) is 3.38. The van der Waals surface area contributed by atoms with Gasteiger partial charge in [0, 0.05) is 37.6 Å². The van der Waals surface area contributed by atoms with E-state index in [9.17, 15) is 0 Å². The summed E-state index contributed by atoms with van der Waals surface area (Å²) in [6.07, 6.45) is 2.99. The number of pyridine rings is 1. The van der Waals surface area contributed by atoms with Crippen LogP contribution in [0.15, 0.2) is 18.3 Å². The third kappa shape index (κ3) is 3.91. The Morgan fingerprint density at radius 3 is 2.65 bits per heavy atom. The maximum Gasteiger partial charge on any atom is 0.127 e. The van der Waals surface area contributed by atoms with Crippen LogP contribution in [0.4, 0.5) is 11.5 Å². The molecule has 96 valence electrons. The first-order valence-corrected chi connectivity index (χ1v) is 6.49. The summed E-state index contributed by atoms with van der Waals surface area (Å²) < 4.78 is 0. The molecule has 1 heterocycles. The monoisotopic (exact) mass is 235 g/mol. The minimum atomic E-state index is 0.524. The third-order valence-corrected chi connectivity index (χ3v) is 3.28. The molecule has 0 aliphatic carbocycles. The molecule has 3 heteroatoms. The van der Waals surface area contributed by atoms with Gasteiger partial charge in [0.25, 0.3) is 0 Å². The third-order valence-electron chi connectivity index (χ3n) is 3.28. The van der Waals surface area contributed by atoms with Gasteiger partial charge in [-0.05, 0) is 25.3 Å². The highest BCUT2D eigenvalue weighted by molar-refractivity contribution is 5.53. The molecule has 0 aromatic carbocycles. The van der Waals surface area contributed by atoms with Gasteiger partial charge in [0.05, 0.1) is 0 Å². The van der Waals surface area contributed by atoms with E-state index in [1.54, 1.807) is 0 Å².